The van der Waals surface area contributed by atoms with Gasteiger partial charge in [0.1, 0.15) is 11.4 Å². The highest BCUT2D eigenvalue weighted by atomic mass is 16.7. The normalized spacial score (nSPS) is 25.4. The number of aryl methyl sites for hydroxylation is 1. The molecule has 3 aromatic carbocycles. The lowest BCUT2D eigenvalue weighted by Crippen LogP contribution is -2.51. The Morgan fingerprint density at radius 2 is 1.85 bits per heavy atom. The molecule has 172 valence electrons. The summed E-state index contributed by atoms with van der Waals surface area (Å²) in [6.07, 6.45) is 5.18. The second-order valence-corrected chi connectivity index (χ2v) is 9.47. The lowest BCUT2D eigenvalue weighted by molar-refractivity contribution is -0.205. The van der Waals surface area contributed by atoms with Gasteiger partial charge < -0.3 is 10.5 Å². The van der Waals surface area contributed by atoms with E-state index in [1.807, 2.05) is 25.4 Å². The number of fused-ring (bicyclic) bond motifs is 3. The maximum Gasteiger partial charge on any atom is 0.222 e. The highest BCUT2D eigenvalue weighted by Gasteiger charge is 2.55. The number of hydrogen-bond donors (Lipinski definition) is 1. The minimum atomic E-state index is -0.906. The molecule has 0 aromatic heterocycles. The van der Waals surface area contributed by atoms with Gasteiger partial charge in [-0.25, -0.2) is 14.9 Å². The van der Waals surface area contributed by atoms with Crippen molar-refractivity contribution in [3.63, 3.8) is 0 Å². The van der Waals surface area contributed by atoms with E-state index in [1.54, 1.807) is 12.1 Å². The maximum absolute atomic E-state index is 6.80. The van der Waals surface area contributed by atoms with Gasteiger partial charge >= 0.3 is 0 Å². The third kappa shape index (κ3) is 3.37. The van der Waals surface area contributed by atoms with Crippen LogP contribution >= 0.6 is 0 Å². The van der Waals surface area contributed by atoms with Crippen molar-refractivity contribution in [2.45, 2.75) is 37.0 Å². The SMILES string of the molecule is CN=Cc1cccc(-c2ccc3c(c2)C2(CC4(CCc5ccccc5C4)O3)N=C(N)N(C)O2)c1. The number of ether oxygens (including phenoxy) is 1. The van der Waals surface area contributed by atoms with Crippen LogP contribution in [0.4, 0.5) is 0 Å². The van der Waals surface area contributed by atoms with Crippen LogP contribution < -0.4 is 10.5 Å². The van der Waals surface area contributed by atoms with Crippen molar-refractivity contribution in [1.29, 1.82) is 0 Å². The van der Waals surface area contributed by atoms with Crippen LogP contribution in [0.5, 0.6) is 5.75 Å². The Morgan fingerprint density at radius 1 is 1.03 bits per heavy atom. The van der Waals surface area contributed by atoms with Crippen LogP contribution in [0.2, 0.25) is 0 Å². The zero-order chi connectivity index (χ0) is 23.3. The highest BCUT2D eigenvalue weighted by molar-refractivity contribution is 5.83. The van der Waals surface area contributed by atoms with Crippen LogP contribution in [0.15, 0.2) is 76.7 Å². The molecule has 2 N–H and O–H groups in total. The summed E-state index contributed by atoms with van der Waals surface area (Å²) >= 11 is 0. The molecule has 0 fully saturated rings. The number of hydroxylamine groups is 2. The van der Waals surface area contributed by atoms with Crippen molar-refractivity contribution in [1.82, 2.24) is 5.06 Å². The second kappa shape index (κ2) is 7.71. The molecule has 2 aliphatic heterocycles. The Labute approximate surface area is 199 Å². The van der Waals surface area contributed by atoms with E-state index in [-0.39, 0.29) is 0 Å². The summed E-state index contributed by atoms with van der Waals surface area (Å²) in [6.45, 7) is 0. The van der Waals surface area contributed by atoms with E-state index in [0.717, 1.165) is 47.3 Å². The van der Waals surface area contributed by atoms with Crippen LogP contribution in [-0.2, 0) is 23.4 Å². The van der Waals surface area contributed by atoms with E-state index < -0.39 is 11.3 Å². The molecule has 2 unspecified atom stereocenters. The van der Waals surface area contributed by atoms with E-state index in [9.17, 15) is 0 Å². The molecule has 2 atom stereocenters. The van der Waals surface area contributed by atoms with E-state index >= 15 is 0 Å². The van der Waals surface area contributed by atoms with Gasteiger partial charge in [0, 0.05) is 33.2 Å². The van der Waals surface area contributed by atoms with E-state index in [0.29, 0.717) is 12.4 Å². The fourth-order valence-electron chi connectivity index (χ4n) is 5.59. The minimum absolute atomic E-state index is 0.380. The average molecular weight is 453 g/mol. The van der Waals surface area contributed by atoms with Crippen molar-refractivity contribution in [3.05, 3.63) is 89.0 Å². The van der Waals surface area contributed by atoms with Crippen LogP contribution in [0.25, 0.3) is 11.1 Å². The molecule has 0 radical (unpaired) electrons. The maximum atomic E-state index is 6.80. The second-order valence-electron chi connectivity index (χ2n) is 9.47. The summed E-state index contributed by atoms with van der Waals surface area (Å²) in [5.74, 6) is 1.19. The van der Waals surface area contributed by atoms with Crippen LogP contribution in [0.3, 0.4) is 0 Å². The number of guanidine groups is 1. The molecule has 0 saturated heterocycles. The number of aliphatic imine (C=N–C) groups is 2. The molecule has 6 heteroatoms. The van der Waals surface area contributed by atoms with Crippen molar-refractivity contribution < 1.29 is 9.57 Å². The van der Waals surface area contributed by atoms with Gasteiger partial charge in [-0.05, 0) is 58.9 Å². The van der Waals surface area contributed by atoms with Gasteiger partial charge in [0.2, 0.25) is 11.7 Å². The van der Waals surface area contributed by atoms with Gasteiger partial charge in [-0.1, -0.05) is 48.5 Å². The number of benzene rings is 3. The molecule has 6 nitrogen and oxygen atoms in total. The zero-order valence-corrected chi connectivity index (χ0v) is 19.5. The molecule has 0 amide bonds. The Hall–Kier alpha value is -3.64. The molecular formula is C28H28N4O2. The van der Waals surface area contributed by atoms with Crippen molar-refractivity contribution in [2.24, 2.45) is 15.7 Å². The van der Waals surface area contributed by atoms with Gasteiger partial charge in [-0.3, -0.25) is 4.99 Å². The van der Waals surface area contributed by atoms with Crippen LogP contribution in [-0.4, -0.2) is 36.9 Å². The van der Waals surface area contributed by atoms with E-state index in [4.69, 9.17) is 20.3 Å². The standard InChI is InChI=1S/C28H28N4O2/c1-30-17-19-6-5-9-21(14-19)22-10-11-25-24(15-22)28(31-26(29)32(2)34-28)18-27(33-25)13-12-20-7-3-4-8-23(20)16-27/h3-11,14-15,17H,12-13,16,18H2,1-2H3,(H2,29,31). The fraction of sp³-hybridized carbons (Fsp3) is 0.286. The quantitative estimate of drug-likeness (QED) is 0.583. The number of hydrogen-bond acceptors (Lipinski definition) is 6. The Morgan fingerprint density at radius 3 is 2.65 bits per heavy atom. The molecule has 6 rings (SSSR count). The predicted molar refractivity (Wildman–Crippen MR) is 134 cm³/mol. The molecule has 0 saturated carbocycles. The first kappa shape index (κ1) is 20.9. The minimum Gasteiger partial charge on any atom is -0.486 e. The lowest BCUT2D eigenvalue weighted by atomic mass is 9.73. The first-order valence-corrected chi connectivity index (χ1v) is 11.7. The molecule has 0 bridgehead atoms. The predicted octanol–water partition coefficient (Wildman–Crippen LogP) is 4.46. The van der Waals surface area contributed by atoms with Crippen molar-refractivity contribution in [2.75, 3.05) is 14.1 Å². The van der Waals surface area contributed by atoms with E-state index in [1.165, 1.54) is 11.1 Å². The summed E-state index contributed by atoms with van der Waals surface area (Å²) < 4.78 is 6.80. The summed E-state index contributed by atoms with van der Waals surface area (Å²) in [6, 6.07) is 23.3. The third-order valence-corrected chi connectivity index (χ3v) is 7.17. The summed E-state index contributed by atoms with van der Waals surface area (Å²) in [5, 5.41) is 1.57. The Kier molecular flexibility index (Phi) is 4.74. The summed E-state index contributed by atoms with van der Waals surface area (Å²) in [4.78, 5) is 15.4. The smallest absolute Gasteiger partial charge is 0.222 e. The van der Waals surface area contributed by atoms with Gasteiger partial charge in [0.15, 0.2) is 0 Å². The van der Waals surface area contributed by atoms with Crippen molar-refractivity contribution in [3.8, 4) is 16.9 Å². The summed E-state index contributed by atoms with van der Waals surface area (Å²) in [7, 11) is 3.59. The Balaban J connectivity index is 1.45. The van der Waals surface area contributed by atoms with Crippen molar-refractivity contribution >= 4 is 12.2 Å². The number of rotatable bonds is 2. The lowest BCUT2D eigenvalue weighted by Gasteiger charge is -2.47. The van der Waals surface area contributed by atoms with Gasteiger partial charge in [-0.15, -0.1) is 0 Å². The van der Waals surface area contributed by atoms with E-state index in [2.05, 4.69) is 59.6 Å². The Bertz CT molecular complexity index is 1330. The highest BCUT2D eigenvalue weighted by Crippen LogP contribution is 2.53. The third-order valence-electron chi connectivity index (χ3n) is 7.17. The molecule has 3 aliphatic rings. The largest absolute Gasteiger partial charge is 0.486 e. The number of nitrogens with two attached hydrogens (primary N) is 1. The average Bonchev–Trinajstić information content (AvgIpc) is 3.12. The first-order valence-electron chi connectivity index (χ1n) is 11.7. The summed E-state index contributed by atoms with van der Waals surface area (Å²) in [5.41, 5.74) is 11.8. The molecule has 1 aliphatic carbocycles. The molecule has 3 aromatic rings. The van der Waals surface area contributed by atoms with Crippen LogP contribution in [0.1, 0.15) is 35.1 Å². The first-order chi connectivity index (χ1) is 16.5. The molecular weight excluding hydrogens is 424 g/mol. The number of nitrogens with zero attached hydrogens (tertiary/aromatic N) is 3. The fourth-order valence-corrected chi connectivity index (χ4v) is 5.59. The molecule has 2 spiro atoms. The molecule has 2 heterocycles. The van der Waals surface area contributed by atoms with Gasteiger partial charge in [0.05, 0.1) is 5.56 Å². The monoisotopic (exact) mass is 452 g/mol. The zero-order valence-electron chi connectivity index (χ0n) is 19.5. The van der Waals surface area contributed by atoms with Gasteiger partial charge in [0.25, 0.3) is 0 Å². The van der Waals surface area contributed by atoms with Gasteiger partial charge in [-0.2, -0.15) is 0 Å². The van der Waals surface area contributed by atoms with Crippen LogP contribution in [0, 0.1) is 0 Å². The topological polar surface area (TPSA) is 72.4 Å². The molecule has 34 heavy (non-hydrogen) atoms.